The zero-order valence-electron chi connectivity index (χ0n) is 7.36. The van der Waals surface area contributed by atoms with Crippen LogP contribution in [-0.2, 0) is 12.8 Å². The third-order valence-corrected chi connectivity index (χ3v) is 1.77. The van der Waals surface area contributed by atoms with Gasteiger partial charge in [0.1, 0.15) is 0 Å². The van der Waals surface area contributed by atoms with E-state index >= 15 is 0 Å². The van der Waals surface area contributed by atoms with E-state index in [0.29, 0.717) is 0 Å². The fourth-order valence-electron chi connectivity index (χ4n) is 1.15. The molecule has 0 spiro atoms. The van der Waals surface area contributed by atoms with Crippen LogP contribution in [0.25, 0.3) is 10.4 Å². The van der Waals surface area contributed by atoms with E-state index in [1.807, 2.05) is 0 Å². The molecule has 0 atom stereocenters. The number of aliphatic hydroxyl groups excluding tert-OH is 1. The van der Waals surface area contributed by atoms with E-state index in [9.17, 15) is 13.2 Å². The summed E-state index contributed by atoms with van der Waals surface area (Å²) >= 11 is 0. The predicted octanol–water partition coefficient (Wildman–Crippen LogP) is 3.14. The van der Waals surface area contributed by atoms with Crippen molar-refractivity contribution in [2.75, 3.05) is 0 Å². The summed E-state index contributed by atoms with van der Waals surface area (Å²) in [6.07, 6.45) is -4.57. The van der Waals surface area contributed by atoms with E-state index in [2.05, 4.69) is 10.0 Å². The second kappa shape index (κ2) is 4.20. The number of aliphatic hydroxyl groups is 1. The fourth-order valence-corrected chi connectivity index (χ4v) is 1.15. The Morgan fingerprint density at radius 2 is 2.07 bits per heavy atom. The molecule has 1 aromatic rings. The van der Waals surface area contributed by atoms with Gasteiger partial charge in [0.2, 0.25) is 0 Å². The van der Waals surface area contributed by atoms with Crippen molar-refractivity contribution >= 4 is 5.69 Å². The molecule has 1 N–H and O–H groups in total. The van der Waals surface area contributed by atoms with Gasteiger partial charge in [-0.3, -0.25) is 0 Å². The monoisotopic (exact) mass is 217 g/mol. The molecule has 0 saturated carbocycles. The summed E-state index contributed by atoms with van der Waals surface area (Å²) in [6, 6.07) is 3.15. The van der Waals surface area contributed by atoms with Gasteiger partial charge in [0, 0.05) is 10.6 Å². The van der Waals surface area contributed by atoms with Gasteiger partial charge in [-0.25, -0.2) is 0 Å². The van der Waals surface area contributed by atoms with E-state index in [1.165, 1.54) is 6.07 Å². The summed E-state index contributed by atoms with van der Waals surface area (Å²) < 4.78 is 37.2. The van der Waals surface area contributed by atoms with Crippen molar-refractivity contribution in [3.05, 3.63) is 39.8 Å². The summed E-state index contributed by atoms with van der Waals surface area (Å²) in [6.45, 7) is -0.829. The van der Waals surface area contributed by atoms with Gasteiger partial charge in [0.25, 0.3) is 0 Å². The van der Waals surface area contributed by atoms with Gasteiger partial charge in [-0.05, 0) is 17.2 Å². The molecule has 15 heavy (non-hydrogen) atoms. The van der Waals surface area contributed by atoms with Crippen LogP contribution in [0.3, 0.4) is 0 Å². The van der Waals surface area contributed by atoms with Crippen LogP contribution in [0.15, 0.2) is 23.3 Å². The van der Waals surface area contributed by atoms with Crippen molar-refractivity contribution < 1.29 is 18.3 Å². The lowest BCUT2D eigenvalue weighted by Crippen LogP contribution is -2.09. The second-order valence-corrected chi connectivity index (χ2v) is 2.65. The van der Waals surface area contributed by atoms with Gasteiger partial charge >= 0.3 is 6.18 Å². The standard InChI is InChI=1S/C8H6F3N3O/c9-8(10,11)6-2-1-3-7(13-14-12)5(6)4-15/h1-3,15H,4H2. The summed E-state index contributed by atoms with van der Waals surface area (Å²) in [5.41, 5.74) is 6.51. The molecule has 0 aliphatic rings. The normalized spacial score (nSPS) is 10.9. The smallest absolute Gasteiger partial charge is 0.392 e. The maximum atomic E-state index is 12.4. The summed E-state index contributed by atoms with van der Waals surface area (Å²) in [5.74, 6) is 0. The van der Waals surface area contributed by atoms with Crippen LogP contribution in [0.5, 0.6) is 0 Å². The Morgan fingerprint density at radius 1 is 1.40 bits per heavy atom. The molecule has 1 aromatic carbocycles. The number of azide groups is 1. The van der Waals surface area contributed by atoms with Crippen molar-refractivity contribution in [3.63, 3.8) is 0 Å². The minimum absolute atomic E-state index is 0.213. The molecule has 80 valence electrons. The minimum atomic E-state index is -4.57. The SMILES string of the molecule is [N-]=[N+]=Nc1cccc(C(F)(F)F)c1CO. The minimum Gasteiger partial charge on any atom is -0.392 e. The zero-order valence-corrected chi connectivity index (χ0v) is 7.36. The third kappa shape index (κ3) is 2.39. The second-order valence-electron chi connectivity index (χ2n) is 2.65. The van der Waals surface area contributed by atoms with Gasteiger partial charge in [-0.1, -0.05) is 17.2 Å². The highest BCUT2D eigenvalue weighted by atomic mass is 19.4. The van der Waals surface area contributed by atoms with Gasteiger partial charge < -0.3 is 5.11 Å². The van der Waals surface area contributed by atoms with Crippen LogP contribution in [0.4, 0.5) is 18.9 Å². The number of halogens is 3. The van der Waals surface area contributed by atoms with Crippen molar-refractivity contribution in [3.8, 4) is 0 Å². The highest BCUT2D eigenvalue weighted by Gasteiger charge is 2.33. The van der Waals surface area contributed by atoms with Crippen LogP contribution in [0, 0.1) is 0 Å². The average Bonchev–Trinajstić information content (AvgIpc) is 2.16. The van der Waals surface area contributed by atoms with Crippen LogP contribution in [0.2, 0.25) is 0 Å². The number of alkyl halides is 3. The highest BCUT2D eigenvalue weighted by Crippen LogP contribution is 2.36. The van der Waals surface area contributed by atoms with Crippen LogP contribution < -0.4 is 0 Å². The highest BCUT2D eigenvalue weighted by molar-refractivity contribution is 5.50. The molecule has 0 saturated heterocycles. The lowest BCUT2D eigenvalue weighted by molar-refractivity contribution is -0.138. The maximum absolute atomic E-state index is 12.4. The molecular formula is C8H6F3N3O. The van der Waals surface area contributed by atoms with Crippen molar-refractivity contribution in [1.82, 2.24) is 0 Å². The first-order valence-electron chi connectivity index (χ1n) is 3.85. The summed E-state index contributed by atoms with van der Waals surface area (Å²) in [7, 11) is 0. The van der Waals surface area contributed by atoms with Crippen molar-refractivity contribution in [1.29, 1.82) is 0 Å². The van der Waals surface area contributed by atoms with Crippen LogP contribution in [0.1, 0.15) is 11.1 Å². The molecule has 0 heterocycles. The Labute approximate surface area is 82.6 Å². The quantitative estimate of drug-likeness (QED) is 0.461. The number of hydrogen-bond acceptors (Lipinski definition) is 2. The molecule has 1 rings (SSSR count). The Morgan fingerprint density at radius 3 is 2.53 bits per heavy atom. The Bertz CT molecular complexity index is 410. The lowest BCUT2D eigenvalue weighted by atomic mass is 10.1. The molecule has 0 bridgehead atoms. The Hall–Kier alpha value is -1.72. The van der Waals surface area contributed by atoms with E-state index in [0.717, 1.165) is 12.1 Å². The number of nitrogens with zero attached hydrogens (tertiary/aromatic N) is 3. The fraction of sp³-hybridized carbons (Fsp3) is 0.250. The molecule has 7 heteroatoms. The third-order valence-electron chi connectivity index (χ3n) is 1.77. The maximum Gasteiger partial charge on any atom is 0.416 e. The van der Waals surface area contributed by atoms with Crippen molar-refractivity contribution in [2.24, 2.45) is 5.11 Å². The van der Waals surface area contributed by atoms with Crippen LogP contribution in [-0.4, -0.2) is 5.11 Å². The first kappa shape index (κ1) is 11.4. The molecule has 0 aromatic heterocycles. The van der Waals surface area contributed by atoms with Crippen LogP contribution >= 0.6 is 0 Å². The van der Waals surface area contributed by atoms with Gasteiger partial charge in [0.15, 0.2) is 0 Å². The number of benzene rings is 1. The van der Waals surface area contributed by atoms with E-state index in [4.69, 9.17) is 10.6 Å². The summed E-state index contributed by atoms with van der Waals surface area (Å²) in [4.78, 5) is 2.38. The average molecular weight is 217 g/mol. The molecule has 0 radical (unpaired) electrons. The van der Waals surface area contributed by atoms with E-state index in [-0.39, 0.29) is 5.69 Å². The largest absolute Gasteiger partial charge is 0.416 e. The Kier molecular flexibility index (Phi) is 3.18. The van der Waals surface area contributed by atoms with E-state index in [1.54, 1.807) is 0 Å². The lowest BCUT2D eigenvalue weighted by Gasteiger charge is -2.12. The van der Waals surface area contributed by atoms with E-state index < -0.39 is 23.9 Å². The predicted molar refractivity (Wildman–Crippen MR) is 46.2 cm³/mol. The van der Waals surface area contributed by atoms with Gasteiger partial charge in [-0.15, -0.1) is 0 Å². The van der Waals surface area contributed by atoms with Gasteiger partial charge in [-0.2, -0.15) is 13.2 Å². The zero-order chi connectivity index (χ0) is 11.5. The molecule has 0 aliphatic carbocycles. The first-order valence-corrected chi connectivity index (χ1v) is 3.85. The molecule has 0 fully saturated rings. The molecular weight excluding hydrogens is 211 g/mol. The first-order chi connectivity index (χ1) is 7.00. The van der Waals surface area contributed by atoms with Crippen molar-refractivity contribution in [2.45, 2.75) is 12.8 Å². The number of rotatable bonds is 2. The number of hydrogen-bond donors (Lipinski definition) is 1. The van der Waals surface area contributed by atoms with Gasteiger partial charge in [0.05, 0.1) is 12.2 Å². The molecule has 4 nitrogen and oxygen atoms in total. The Balaban J connectivity index is 3.41. The molecule has 0 amide bonds. The topological polar surface area (TPSA) is 69.0 Å². The molecule has 0 aliphatic heterocycles. The molecule has 0 unspecified atom stereocenters. The summed E-state index contributed by atoms with van der Waals surface area (Å²) in [5, 5.41) is 11.9.